The highest BCUT2D eigenvalue weighted by molar-refractivity contribution is 5.89. The van der Waals surface area contributed by atoms with E-state index in [1.807, 2.05) is 30.3 Å². The van der Waals surface area contributed by atoms with E-state index in [0.717, 1.165) is 24.9 Å². The first-order valence-corrected chi connectivity index (χ1v) is 8.97. The number of carbonyl (C=O) groups excluding carboxylic acids is 2. The summed E-state index contributed by atoms with van der Waals surface area (Å²) in [5, 5.41) is 2.91. The maximum atomic E-state index is 12.7. The fourth-order valence-corrected chi connectivity index (χ4v) is 3.02. The van der Waals surface area contributed by atoms with Crippen LogP contribution in [0.15, 0.2) is 42.0 Å². The number of carbonyl (C=O) groups is 2. The maximum absolute atomic E-state index is 12.7. The lowest BCUT2D eigenvalue weighted by Gasteiger charge is -2.26. The zero-order valence-corrected chi connectivity index (χ0v) is 15.2. The minimum Gasteiger partial charge on any atom is -0.469 e. The summed E-state index contributed by atoms with van der Waals surface area (Å²) in [6, 6.07) is 9.18. The van der Waals surface area contributed by atoms with Gasteiger partial charge >= 0.3 is 12.0 Å². The molecule has 5 nitrogen and oxygen atoms in total. The topological polar surface area (TPSA) is 58.6 Å². The number of ether oxygens (including phenoxy) is 1. The smallest absolute Gasteiger partial charge is 0.321 e. The highest BCUT2D eigenvalue weighted by Crippen LogP contribution is 2.21. The number of para-hydroxylation sites is 1. The molecular formula is C20H28N2O3. The molecule has 2 amide bonds. The number of allylic oxidation sites excluding steroid dienone is 1. The SMILES string of the molecule is COC(=O)C(C)CN(CCC1=CCCCC1)C(=O)Nc1ccccc1. The van der Waals surface area contributed by atoms with Crippen molar-refractivity contribution in [3.63, 3.8) is 0 Å². The molecule has 0 radical (unpaired) electrons. The van der Waals surface area contributed by atoms with Crippen molar-refractivity contribution in [2.45, 2.75) is 39.0 Å². The van der Waals surface area contributed by atoms with E-state index < -0.39 is 0 Å². The van der Waals surface area contributed by atoms with Crippen molar-refractivity contribution in [2.75, 3.05) is 25.5 Å². The molecule has 1 aromatic carbocycles. The van der Waals surface area contributed by atoms with Crippen LogP contribution in [-0.4, -0.2) is 37.1 Å². The van der Waals surface area contributed by atoms with Crippen molar-refractivity contribution in [1.82, 2.24) is 4.90 Å². The third-order valence-corrected chi connectivity index (χ3v) is 4.50. The summed E-state index contributed by atoms with van der Waals surface area (Å²) in [6.45, 7) is 2.74. The van der Waals surface area contributed by atoms with Crippen LogP contribution in [0.2, 0.25) is 0 Å². The fourth-order valence-electron chi connectivity index (χ4n) is 3.02. The quantitative estimate of drug-likeness (QED) is 0.595. The van der Waals surface area contributed by atoms with Gasteiger partial charge in [-0.3, -0.25) is 4.79 Å². The summed E-state index contributed by atoms with van der Waals surface area (Å²) in [7, 11) is 1.38. The fraction of sp³-hybridized carbons (Fsp3) is 0.500. The lowest BCUT2D eigenvalue weighted by atomic mass is 9.97. The summed E-state index contributed by atoms with van der Waals surface area (Å²) < 4.78 is 4.80. The molecule has 1 aromatic rings. The molecular weight excluding hydrogens is 316 g/mol. The Labute approximate surface area is 150 Å². The van der Waals surface area contributed by atoms with E-state index in [-0.39, 0.29) is 17.9 Å². The average Bonchev–Trinajstić information content (AvgIpc) is 2.65. The van der Waals surface area contributed by atoms with Gasteiger partial charge in [-0.25, -0.2) is 4.79 Å². The standard InChI is InChI=1S/C20H28N2O3/c1-16(19(23)25-2)15-22(14-13-17-9-5-3-6-10-17)20(24)21-18-11-7-4-8-12-18/h4,7-9,11-12,16H,3,5-6,10,13-15H2,1-2H3,(H,21,24). The summed E-state index contributed by atoms with van der Waals surface area (Å²) >= 11 is 0. The number of hydrogen-bond acceptors (Lipinski definition) is 3. The Morgan fingerprint density at radius 2 is 2.00 bits per heavy atom. The van der Waals surface area contributed by atoms with Crippen LogP contribution in [0.3, 0.4) is 0 Å². The maximum Gasteiger partial charge on any atom is 0.321 e. The molecule has 0 spiro atoms. The highest BCUT2D eigenvalue weighted by atomic mass is 16.5. The summed E-state index contributed by atoms with van der Waals surface area (Å²) in [5.41, 5.74) is 2.16. The van der Waals surface area contributed by atoms with E-state index in [4.69, 9.17) is 4.74 Å². The first-order valence-electron chi connectivity index (χ1n) is 8.97. The highest BCUT2D eigenvalue weighted by Gasteiger charge is 2.22. The van der Waals surface area contributed by atoms with E-state index in [0.29, 0.717) is 13.1 Å². The minimum atomic E-state index is -0.355. The second-order valence-electron chi connectivity index (χ2n) is 6.52. The zero-order chi connectivity index (χ0) is 18.1. The predicted molar refractivity (Wildman–Crippen MR) is 99.4 cm³/mol. The second kappa shape index (κ2) is 9.87. The van der Waals surface area contributed by atoms with Gasteiger partial charge in [0.2, 0.25) is 0 Å². The van der Waals surface area contributed by atoms with Crippen LogP contribution in [0.25, 0.3) is 0 Å². The first-order chi connectivity index (χ1) is 12.1. The number of hydrogen-bond donors (Lipinski definition) is 1. The van der Waals surface area contributed by atoms with Crippen molar-refractivity contribution in [3.8, 4) is 0 Å². The van der Waals surface area contributed by atoms with Gasteiger partial charge < -0.3 is 15.0 Å². The van der Waals surface area contributed by atoms with Gasteiger partial charge in [0.15, 0.2) is 0 Å². The van der Waals surface area contributed by atoms with E-state index in [2.05, 4.69) is 11.4 Å². The zero-order valence-electron chi connectivity index (χ0n) is 15.2. The first kappa shape index (κ1) is 19.0. The molecule has 0 aromatic heterocycles. The molecule has 0 saturated heterocycles. The predicted octanol–water partition coefficient (Wildman–Crippen LogP) is 4.22. The Morgan fingerprint density at radius 1 is 1.24 bits per heavy atom. The summed E-state index contributed by atoms with van der Waals surface area (Å²) in [5.74, 6) is -0.652. The Balaban J connectivity index is 2.00. The van der Waals surface area contributed by atoms with E-state index in [1.165, 1.54) is 25.5 Å². The molecule has 0 fully saturated rings. The van der Waals surface area contributed by atoms with Gasteiger partial charge in [0, 0.05) is 18.8 Å². The summed E-state index contributed by atoms with van der Waals surface area (Å²) in [6.07, 6.45) is 7.86. The molecule has 0 aliphatic heterocycles. The third-order valence-electron chi connectivity index (χ3n) is 4.50. The van der Waals surface area contributed by atoms with Gasteiger partial charge in [-0.15, -0.1) is 0 Å². The van der Waals surface area contributed by atoms with E-state index >= 15 is 0 Å². The minimum absolute atomic E-state index is 0.182. The Bertz CT molecular complexity index is 598. The Morgan fingerprint density at radius 3 is 2.64 bits per heavy atom. The van der Waals surface area contributed by atoms with Crippen molar-refractivity contribution in [2.24, 2.45) is 5.92 Å². The van der Waals surface area contributed by atoms with Crippen LogP contribution in [0.1, 0.15) is 39.0 Å². The monoisotopic (exact) mass is 344 g/mol. The molecule has 25 heavy (non-hydrogen) atoms. The van der Waals surface area contributed by atoms with Gasteiger partial charge in [0.05, 0.1) is 13.0 Å². The van der Waals surface area contributed by atoms with Gasteiger partial charge in [-0.05, 0) is 44.2 Å². The number of nitrogens with one attached hydrogen (secondary N) is 1. The van der Waals surface area contributed by atoms with Crippen LogP contribution in [0.5, 0.6) is 0 Å². The lowest BCUT2D eigenvalue weighted by molar-refractivity contribution is -0.145. The number of nitrogens with zero attached hydrogens (tertiary/aromatic N) is 1. The van der Waals surface area contributed by atoms with Gasteiger partial charge in [-0.1, -0.05) is 36.8 Å². The van der Waals surface area contributed by atoms with Crippen molar-refractivity contribution in [1.29, 1.82) is 0 Å². The van der Waals surface area contributed by atoms with Crippen LogP contribution < -0.4 is 5.32 Å². The Kier molecular flexibility index (Phi) is 7.51. The normalized spacial score (nSPS) is 15.0. The summed E-state index contributed by atoms with van der Waals surface area (Å²) in [4.78, 5) is 26.1. The molecule has 1 atom stereocenters. The molecule has 1 aliphatic rings. The number of rotatable bonds is 7. The van der Waals surface area contributed by atoms with Crippen LogP contribution in [0.4, 0.5) is 10.5 Å². The van der Waals surface area contributed by atoms with Gasteiger partial charge in [0.1, 0.15) is 0 Å². The van der Waals surface area contributed by atoms with Gasteiger partial charge in [0.25, 0.3) is 0 Å². The van der Waals surface area contributed by atoms with Crippen molar-refractivity contribution >= 4 is 17.7 Å². The van der Waals surface area contributed by atoms with Crippen molar-refractivity contribution in [3.05, 3.63) is 42.0 Å². The molecule has 0 heterocycles. The van der Waals surface area contributed by atoms with Crippen LogP contribution in [-0.2, 0) is 9.53 Å². The number of anilines is 1. The molecule has 136 valence electrons. The van der Waals surface area contributed by atoms with Gasteiger partial charge in [-0.2, -0.15) is 0 Å². The number of urea groups is 1. The average molecular weight is 344 g/mol. The van der Waals surface area contributed by atoms with Crippen LogP contribution in [0, 0.1) is 5.92 Å². The molecule has 1 unspecified atom stereocenters. The second-order valence-corrected chi connectivity index (χ2v) is 6.52. The molecule has 1 aliphatic carbocycles. The molecule has 0 bridgehead atoms. The largest absolute Gasteiger partial charge is 0.469 e. The molecule has 2 rings (SSSR count). The van der Waals surface area contributed by atoms with E-state index in [1.54, 1.807) is 11.8 Å². The number of esters is 1. The molecule has 5 heteroatoms. The van der Waals surface area contributed by atoms with Crippen LogP contribution >= 0.6 is 0 Å². The molecule has 0 saturated carbocycles. The number of benzene rings is 1. The Hall–Kier alpha value is -2.30. The number of amides is 2. The van der Waals surface area contributed by atoms with E-state index in [9.17, 15) is 9.59 Å². The lowest BCUT2D eigenvalue weighted by Crippen LogP contribution is -2.40. The molecule has 1 N–H and O–H groups in total. The number of methoxy groups -OCH3 is 1. The third kappa shape index (κ3) is 6.25. The van der Waals surface area contributed by atoms with Crippen molar-refractivity contribution < 1.29 is 14.3 Å².